The number of hydrogen-bond acceptors (Lipinski definition) is 9. The van der Waals surface area contributed by atoms with Crippen LogP contribution in [0, 0.1) is 17.3 Å². The van der Waals surface area contributed by atoms with Crippen LogP contribution < -0.4 is 26.2 Å². The van der Waals surface area contributed by atoms with Gasteiger partial charge in [0.2, 0.25) is 17.7 Å². The number of carbonyl (C=O) groups excluding carboxylic acids is 5. The molecule has 5 amide bonds. The van der Waals surface area contributed by atoms with Crippen molar-refractivity contribution < 1.29 is 39.0 Å². The van der Waals surface area contributed by atoms with Gasteiger partial charge in [-0.25, -0.2) is 5.48 Å². The second kappa shape index (κ2) is 14.3. The molecule has 0 aromatic heterocycles. The minimum atomic E-state index is -1.78. The van der Waals surface area contributed by atoms with E-state index >= 15 is 0 Å². The van der Waals surface area contributed by atoms with Gasteiger partial charge in [0.25, 0.3) is 11.1 Å². The number of carbonyl (C=O) groups is 5. The minimum absolute atomic E-state index is 0.0414. The molecular weight excluding hydrogens is 528 g/mol. The zero-order chi connectivity index (χ0) is 29.3. The van der Waals surface area contributed by atoms with E-state index in [1.165, 1.54) is 5.48 Å². The molecule has 1 fully saturated rings. The van der Waals surface area contributed by atoms with Crippen molar-refractivity contribution in [3.05, 3.63) is 29.8 Å². The van der Waals surface area contributed by atoms with E-state index in [1.807, 2.05) is 13.8 Å². The molecule has 1 aliphatic rings. The monoisotopic (exact) mass is 566 g/mol. The minimum Gasteiger partial charge on any atom is -0.492 e. The van der Waals surface area contributed by atoms with Crippen LogP contribution in [0.2, 0.25) is 0 Å². The van der Waals surface area contributed by atoms with Crippen molar-refractivity contribution in [1.29, 1.82) is 0 Å². The molecule has 0 radical (unpaired) electrons. The highest BCUT2D eigenvalue weighted by molar-refractivity contribution is 8.15. The summed E-state index contributed by atoms with van der Waals surface area (Å²) in [5.74, 6) is -3.18. The molecule has 1 aliphatic heterocycles. The molecule has 0 saturated carbocycles. The maximum atomic E-state index is 13.0. The number of ether oxygens (including phenoxy) is 1. The number of hydroxylamine groups is 1. The largest absolute Gasteiger partial charge is 0.492 e. The number of aliphatic hydroxyl groups is 1. The summed E-state index contributed by atoms with van der Waals surface area (Å²) in [6.45, 7) is 9.25. The van der Waals surface area contributed by atoms with Crippen molar-refractivity contribution in [2.75, 3.05) is 13.2 Å². The molecule has 0 bridgehead atoms. The predicted molar refractivity (Wildman–Crippen MR) is 144 cm³/mol. The van der Waals surface area contributed by atoms with Crippen LogP contribution in [0.3, 0.4) is 0 Å². The Labute approximate surface area is 232 Å². The number of benzene rings is 1. The van der Waals surface area contributed by atoms with Gasteiger partial charge in [-0.1, -0.05) is 58.5 Å². The Morgan fingerprint density at radius 1 is 1.08 bits per heavy atom. The standard InChI is InChI=1S/C26H38N4O8S/c1-14(2)12-17(19(31)23(34)30-37)21(32)28-20(26(3,4)5)24(35)27-10-11-38-16-8-6-15(7-9-16)13-18-22(33)29-25(36)39-18/h6-9,14,17-20,31,37H,10-13H2,1-5H3,(H,27,35)(H,28,32)(H,30,34)(H,29,33,36)/t17?,18?,19-,20+/m0/s1. The maximum Gasteiger partial charge on any atom is 0.286 e. The molecule has 1 heterocycles. The van der Waals surface area contributed by atoms with Gasteiger partial charge in [-0.15, -0.1) is 0 Å². The SMILES string of the molecule is CC(C)CC(C(=O)N[C@H](C(=O)NCCOc1ccc(CC2SC(=O)NC2=O)cc1)C(C)(C)C)[C@H](O)C(=O)NO. The van der Waals surface area contributed by atoms with Crippen molar-refractivity contribution >= 4 is 40.6 Å². The molecule has 2 unspecified atom stereocenters. The van der Waals surface area contributed by atoms with Crippen LogP contribution in [0.5, 0.6) is 5.75 Å². The average molecular weight is 567 g/mol. The normalized spacial score (nSPS) is 17.7. The lowest BCUT2D eigenvalue weighted by atomic mass is 9.84. The van der Waals surface area contributed by atoms with Gasteiger partial charge in [0.1, 0.15) is 24.5 Å². The first-order valence-electron chi connectivity index (χ1n) is 12.7. The number of nitrogens with one attached hydrogen (secondary N) is 4. The molecule has 0 spiro atoms. The van der Waals surface area contributed by atoms with Gasteiger partial charge in [0.15, 0.2) is 0 Å². The lowest BCUT2D eigenvalue weighted by Gasteiger charge is -2.32. The highest BCUT2D eigenvalue weighted by atomic mass is 32.2. The number of thioether (sulfide) groups is 1. The molecule has 2 rings (SSSR count). The first-order chi connectivity index (χ1) is 18.2. The van der Waals surface area contributed by atoms with Crippen LogP contribution in [0.4, 0.5) is 4.79 Å². The Bertz CT molecular complexity index is 1040. The quantitative estimate of drug-likeness (QED) is 0.116. The van der Waals surface area contributed by atoms with E-state index in [2.05, 4.69) is 16.0 Å². The van der Waals surface area contributed by atoms with Crippen molar-refractivity contribution in [3.63, 3.8) is 0 Å². The van der Waals surface area contributed by atoms with E-state index in [0.717, 1.165) is 17.3 Å². The van der Waals surface area contributed by atoms with Gasteiger partial charge in [-0.2, -0.15) is 0 Å². The molecule has 216 valence electrons. The van der Waals surface area contributed by atoms with E-state index < -0.39 is 46.5 Å². The van der Waals surface area contributed by atoms with Crippen molar-refractivity contribution in [2.24, 2.45) is 17.3 Å². The summed E-state index contributed by atoms with van der Waals surface area (Å²) in [5, 5.41) is 26.0. The predicted octanol–water partition coefficient (Wildman–Crippen LogP) is 1.14. The summed E-state index contributed by atoms with van der Waals surface area (Å²) < 4.78 is 5.68. The molecule has 1 aromatic rings. The van der Waals surface area contributed by atoms with Crippen LogP contribution in [-0.2, 0) is 25.6 Å². The third kappa shape index (κ3) is 9.83. The average Bonchev–Trinajstić information content (AvgIpc) is 3.18. The second-order valence-corrected chi connectivity index (χ2v) is 12.0. The van der Waals surface area contributed by atoms with E-state index in [1.54, 1.807) is 45.0 Å². The highest BCUT2D eigenvalue weighted by Crippen LogP contribution is 2.24. The maximum absolute atomic E-state index is 13.0. The Kier molecular flexibility index (Phi) is 11.7. The Hall–Kier alpha value is -3.16. The van der Waals surface area contributed by atoms with Gasteiger partial charge >= 0.3 is 0 Å². The number of hydrogen-bond donors (Lipinski definition) is 6. The first kappa shape index (κ1) is 32.1. The third-order valence-electron chi connectivity index (χ3n) is 6.02. The molecule has 13 heteroatoms. The van der Waals surface area contributed by atoms with E-state index in [4.69, 9.17) is 9.94 Å². The van der Waals surface area contributed by atoms with Crippen LogP contribution in [-0.4, -0.2) is 69.7 Å². The zero-order valence-electron chi connectivity index (χ0n) is 22.8. The number of aliphatic hydroxyl groups excluding tert-OH is 1. The molecule has 1 saturated heterocycles. The van der Waals surface area contributed by atoms with Gasteiger partial charge in [-0.3, -0.25) is 34.5 Å². The Morgan fingerprint density at radius 3 is 2.23 bits per heavy atom. The Balaban J connectivity index is 1.91. The van der Waals surface area contributed by atoms with Gasteiger partial charge < -0.3 is 20.5 Å². The summed E-state index contributed by atoms with van der Waals surface area (Å²) in [7, 11) is 0. The molecule has 0 aliphatic carbocycles. The van der Waals surface area contributed by atoms with Crippen molar-refractivity contribution in [2.45, 2.75) is 64.9 Å². The smallest absolute Gasteiger partial charge is 0.286 e. The zero-order valence-corrected chi connectivity index (χ0v) is 23.6. The second-order valence-electron chi connectivity index (χ2n) is 10.8. The summed E-state index contributed by atoms with van der Waals surface area (Å²) in [4.78, 5) is 60.8. The van der Waals surface area contributed by atoms with Gasteiger partial charge in [0, 0.05) is 0 Å². The van der Waals surface area contributed by atoms with Crippen LogP contribution >= 0.6 is 11.8 Å². The fraction of sp³-hybridized carbons (Fsp3) is 0.577. The van der Waals surface area contributed by atoms with Crippen LogP contribution in [0.15, 0.2) is 24.3 Å². The molecular formula is C26H38N4O8S. The molecule has 12 nitrogen and oxygen atoms in total. The molecule has 6 N–H and O–H groups in total. The van der Waals surface area contributed by atoms with E-state index in [-0.39, 0.29) is 36.6 Å². The van der Waals surface area contributed by atoms with E-state index in [9.17, 15) is 29.1 Å². The lowest BCUT2D eigenvalue weighted by molar-refractivity contribution is -0.147. The fourth-order valence-electron chi connectivity index (χ4n) is 3.97. The van der Waals surface area contributed by atoms with Crippen LogP contribution in [0.25, 0.3) is 0 Å². The fourth-order valence-corrected chi connectivity index (χ4v) is 4.83. The van der Waals surface area contributed by atoms with Gasteiger partial charge in [-0.05, 0) is 41.9 Å². The number of imide groups is 1. The van der Waals surface area contributed by atoms with Crippen molar-refractivity contribution in [1.82, 2.24) is 21.4 Å². The molecule has 1 aromatic carbocycles. The van der Waals surface area contributed by atoms with Gasteiger partial charge in [0.05, 0.1) is 17.7 Å². The summed E-state index contributed by atoms with van der Waals surface area (Å²) >= 11 is 0.970. The third-order valence-corrected chi connectivity index (χ3v) is 7.00. The molecule has 39 heavy (non-hydrogen) atoms. The number of amides is 5. The Morgan fingerprint density at radius 2 is 1.72 bits per heavy atom. The lowest BCUT2D eigenvalue weighted by Crippen LogP contribution is -2.57. The number of rotatable bonds is 13. The van der Waals surface area contributed by atoms with E-state index in [0.29, 0.717) is 12.2 Å². The highest BCUT2D eigenvalue weighted by Gasteiger charge is 2.38. The topological polar surface area (TPSA) is 183 Å². The van der Waals surface area contributed by atoms with Crippen molar-refractivity contribution in [3.8, 4) is 5.75 Å². The summed E-state index contributed by atoms with van der Waals surface area (Å²) in [6, 6.07) is 6.10. The van der Waals surface area contributed by atoms with Crippen LogP contribution in [0.1, 0.15) is 46.6 Å². The molecule has 4 atom stereocenters. The summed E-state index contributed by atoms with van der Waals surface area (Å²) in [6.07, 6.45) is -1.20. The first-order valence-corrected chi connectivity index (χ1v) is 13.5. The summed E-state index contributed by atoms with van der Waals surface area (Å²) in [5.41, 5.74) is 1.54.